The van der Waals surface area contributed by atoms with Crippen molar-refractivity contribution in [1.82, 2.24) is 4.90 Å². The summed E-state index contributed by atoms with van der Waals surface area (Å²) >= 11 is 0. The van der Waals surface area contributed by atoms with Gasteiger partial charge < -0.3 is 20.1 Å². The van der Waals surface area contributed by atoms with Gasteiger partial charge in [0.25, 0.3) is 0 Å². The maximum Gasteiger partial charge on any atom is 0.326 e. The molecule has 1 aromatic carbocycles. The van der Waals surface area contributed by atoms with Gasteiger partial charge in [0.2, 0.25) is 11.8 Å². The minimum atomic E-state index is -1.05. The molecule has 0 aromatic heterocycles. The largest absolute Gasteiger partial charge is 0.480 e. The monoisotopic (exact) mass is 318 g/mol. The molecular formula is C16H18N2O5. The molecule has 2 aliphatic rings. The highest BCUT2D eigenvalue weighted by Crippen LogP contribution is 2.35. The Kier molecular flexibility index (Phi) is 4.04. The van der Waals surface area contributed by atoms with Crippen LogP contribution in [0.3, 0.4) is 0 Å². The van der Waals surface area contributed by atoms with Crippen LogP contribution >= 0.6 is 0 Å². The Hall–Kier alpha value is -2.41. The molecule has 2 amide bonds. The van der Waals surface area contributed by atoms with Crippen LogP contribution in [0.2, 0.25) is 0 Å². The van der Waals surface area contributed by atoms with Crippen molar-refractivity contribution in [3.63, 3.8) is 0 Å². The fourth-order valence-electron chi connectivity index (χ4n) is 3.28. The summed E-state index contributed by atoms with van der Waals surface area (Å²) in [6.07, 6.45) is -0.0122. The molecule has 0 saturated carbocycles. The van der Waals surface area contributed by atoms with E-state index in [4.69, 9.17) is 4.74 Å². The minimum absolute atomic E-state index is 0.0241. The number of amides is 2. The normalized spacial score (nSPS) is 26.6. The van der Waals surface area contributed by atoms with Gasteiger partial charge in [-0.15, -0.1) is 0 Å². The molecule has 0 aliphatic carbocycles. The number of likely N-dealkylation sites (tertiary alicyclic amines) is 1. The number of ether oxygens (including phenoxy) is 1. The zero-order chi connectivity index (χ0) is 16.6. The quantitative estimate of drug-likeness (QED) is 0.860. The number of carboxylic acids is 1. The minimum Gasteiger partial charge on any atom is -0.480 e. The Balaban J connectivity index is 1.90. The lowest BCUT2D eigenvalue weighted by Crippen LogP contribution is -2.44. The van der Waals surface area contributed by atoms with Crippen molar-refractivity contribution in [1.29, 1.82) is 0 Å². The second-order valence-corrected chi connectivity index (χ2v) is 5.83. The van der Waals surface area contributed by atoms with Gasteiger partial charge in [0.1, 0.15) is 6.04 Å². The van der Waals surface area contributed by atoms with Crippen molar-refractivity contribution < 1.29 is 24.2 Å². The van der Waals surface area contributed by atoms with E-state index >= 15 is 0 Å². The van der Waals surface area contributed by atoms with Crippen LogP contribution in [-0.2, 0) is 19.1 Å². The topological polar surface area (TPSA) is 95.9 Å². The molecule has 2 N–H and O–H groups in total. The van der Waals surface area contributed by atoms with E-state index in [9.17, 15) is 19.5 Å². The first kappa shape index (κ1) is 15.5. The lowest BCUT2D eigenvalue weighted by molar-refractivity contribution is -0.149. The molecule has 23 heavy (non-hydrogen) atoms. The molecule has 1 aromatic rings. The van der Waals surface area contributed by atoms with Crippen LogP contribution in [0.1, 0.15) is 24.3 Å². The highest BCUT2D eigenvalue weighted by atomic mass is 16.5. The third kappa shape index (κ3) is 2.79. The molecule has 3 atom stereocenters. The van der Waals surface area contributed by atoms with E-state index in [1.54, 1.807) is 24.3 Å². The molecule has 0 spiro atoms. The molecule has 1 fully saturated rings. The summed E-state index contributed by atoms with van der Waals surface area (Å²) < 4.78 is 5.21. The Morgan fingerprint density at radius 2 is 2.09 bits per heavy atom. The molecule has 2 heterocycles. The highest BCUT2D eigenvalue weighted by Gasteiger charge is 2.43. The third-order valence-corrected chi connectivity index (χ3v) is 4.46. The van der Waals surface area contributed by atoms with E-state index in [2.05, 4.69) is 5.32 Å². The molecule has 7 nitrogen and oxygen atoms in total. The van der Waals surface area contributed by atoms with Crippen molar-refractivity contribution in [3.8, 4) is 0 Å². The zero-order valence-electron chi connectivity index (χ0n) is 12.7. The van der Waals surface area contributed by atoms with E-state index in [1.807, 2.05) is 0 Å². The predicted octanol–water partition coefficient (Wildman–Crippen LogP) is 0.813. The van der Waals surface area contributed by atoms with Gasteiger partial charge in [-0.3, -0.25) is 9.59 Å². The van der Waals surface area contributed by atoms with Gasteiger partial charge in [-0.2, -0.15) is 0 Å². The number of carboxylic acid groups (broad SMARTS) is 1. The average molecular weight is 318 g/mol. The molecule has 0 bridgehead atoms. The number of methoxy groups -OCH3 is 1. The summed E-state index contributed by atoms with van der Waals surface area (Å²) in [5, 5.41) is 12.1. The molecular weight excluding hydrogens is 300 g/mol. The number of nitrogens with one attached hydrogen (secondary N) is 1. The summed E-state index contributed by atoms with van der Waals surface area (Å²) in [5.41, 5.74) is 1.33. The van der Waals surface area contributed by atoms with E-state index in [0.717, 1.165) is 5.56 Å². The summed E-state index contributed by atoms with van der Waals surface area (Å²) in [7, 11) is 1.50. The van der Waals surface area contributed by atoms with Gasteiger partial charge in [-0.05, 0) is 11.6 Å². The number of carbonyl (C=O) groups excluding carboxylic acids is 2. The average Bonchev–Trinajstić information content (AvgIpc) is 2.98. The summed E-state index contributed by atoms with van der Waals surface area (Å²) in [5.74, 6) is -2.28. The molecule has 2 aliphatic heterocycles. The number of hydrogen-bond acceptors (Lipinski definition) is 4. The molecule has 3 unspecified atom stereocenters. The Morgan fingerprint density at radius 3 is 2.78 bits per heavy atom. The fraction of sp³-hybridized carbons (Fsp3) is 0.438. The number of para-hydroxylation sites is 1. The Morgan fingerprint density at radius 1 is 1.35 bits per heavy atom. The molecule has 1 saturated heterocycles. The number of nitrogens with zero attached hydrogens (tertiary/aromatic N) is 1. The molecule has 122 valence electrons. The maximum absolute atomic E-state index is 12.9. The number of benzene rings is 1. The summed E-state index contributed by atoms with van der Waals surface area (Å²) in [4.78, 5) is 37.6. The van der Waals surface area contributed by atoms with Crippen LogP contribution in [-0.4, -0.2) is 53.6 Å². The van der Waals surface area contributed by atoms with Crippen LogP contribution in [0.25, 0.3) is 0 Å². The number of rotatable bonds is 3. The van der Waals surface area contributed by atoms with Gasteiger partial charge in [-0.25, -0.2) is 4.79 Å². The number of hydrogen-bond donors (Lipinski definition) is 2. The SMILES string of the molecule is COC1CC(C(=O)O)N(C(=O)C2CC(=O)Nc3ccccc32)C1. The van der Waals surface area contributed by atoms with E-state index in [1.165, 1.54) is 12.0 Å². The second-order valence-electron chi connectivity index (χ2n) is 5.83. The van der Waals surface area contributed by atoms with E-state index in [-0.39, 0.29) is 37.3 Å². The van der Waals surface area contributed by atoms with Crippen molar-refractivity contribution in [2.45, 2.75) is 30.9 Å². The lowest BCUT2D eigenvalue weighted by Gasteiger charge is -2.30. The first-order valence-electron chi connectivity index (χ1n) is 7.46. The van der Waals surface area contributed by atoms with Crippen molar-refractivity contribution in [2.75, 3.05) is 19.0 Å². The van der Waals surface area contributed by atoms with Crippen LogP contribution in [0.4, 0.5) is 5.69 Å². The van der Waals surface area contributed by atoms with Gasteiger partial charge in [0, 0.05) is 32.2 Å². The van der Waals surface area contributed by atoms with Gasteiger partial charge in [0.15, 0.2) is 0 Å². The lowest BCUT2D eigenvalue weighted by atomic mass is 9.89. The third-order valence-electron chi connectivity index (χ3n) is 4.46. The van der Waals surface area contributed by atoms with Gasteiger partial charge in [-0.1, -0.05) is 18.2 Å². The Labute approximate surface area is 133 Å². The Bertz CT molecular complexity index is 660. The van der Waals surface area contributed by atoms with Crippen molar-refractivity contribution in [3.05, 3.63) is 29.8 Å². The predicted molar refractivity (Wildman–Crippen MR) is 81.0 cm³/mol. The van der Waals surface area contributed by atoms with Crippen LogP contribution < -0.4 is 5.32 Å². The molecule has 7 heteroatoms. The van der Waals surface area contributed by atoms with Gasteiger partial charge >= 0.3 is 5.97 Å². The van der Waals surface area contributed by atoms with Crippen LogP contribution in [0.15, 0.2) is 24.3 Å². The second kappa shape index (κ2) is 6.00. The maximum atomic E-state index is 12.9. The smallest absolute Gasteiger partial charge is 0.326 e. The standard InChI is InChI=1S/C16H18N2O5/c1-23-9-6-13(16(21)22)18(8-9)15(20)11-7-14(19)17-12-5-3-2-4-10(11)12/h2-5,9,11,13H,6-8H2,1H3,(H,17,19)(H,21,22). The van der Waals surface area contributed by atoms with Crippen LogP contribution in [0.5, 0.6) is 0 Å². The molecule has 0 radical (unpaired) electrons. The summed E-state index contributed by atoms with van der Waals surface area (Å²) in [6, 6.07) is 6.20. The molecule has 3 rings (SSSR count). The first-order valence-corrected chi connectivity index (χ1v) is 7.46. The highest BCUT2D eigenvalue weighted by molar-refractivity contribution is 6.01. The number of anilines is 1. The van der Waals surface area contributed by atoms with E-state index in [0.29, 0.717) is 5.69 Å². The fourth-order valence-corrected chi connectivity index (χ4v) is 3.28. The van der Waals surface area contributed by atoms with E-state index < -0.39 is 17.9 Å². The summed E-state index contributed by atoms with van der Waals surface area (Å²) in [6.45, 7) is 0.229. The van der Waals surface area contributed by atoms with Crippen molar-refractivity contribution >= 4 is 23.5 Å². The zero-order valence-corrected chi connectivity index (χ0v) is 12.7. The number of carbonyl (C=O) groups is 3. The number of aliphatic carboxylic acids is 1. The first-order chi connectivity index (χ1) is 11.0. The van der Waals surface area contributed by atoms with Crippen LogP contribution in [0, 0.1) is 0 Å². The van der Waals surface area contributed by atoms with Crippen molar-refractivity contribution in [2.24, 2.45) is 0 Å². The van der Waals surface area contributed by atoms with Gasteiger partial charge in [0.05, 0.1) is 12.0 Å². The number of fused-ring (bicyclic) bond motifs is 1.